The van der Waals surface area contributed by atoms with E-state index in [0.717, 1.165) is 0 Å². The summed E-state index contributed by atoms with van der Waals surface area (Å²) in [6, 6.07) is 0. The molecule has 0 aliphatic carbocycles. The van der Waals surface area contributed by atoms with Gasteiger partial charge in [0.1, 0.15) is 0 Å². The first-order valence-corrected chi connectivity index (χ1v) is 4.29. The summed E-state index contributed by atoms with van der Waals surface area (Å²) in [7, 11) is -6.40. The predicted molar refractivity (Wildman–Crippen MR) is 34.8 cm³/mol. The molecule has 0 aliphatic rings. The third kappa shape index (κ3) is 17.9. The zero-order chi connectivity index (χ0) is 7.86. The SMILES string of the molecule is C=C.O=[PH](O)O[PH](=O)O. The molecular weight excluding hydrogens is 166 g/mol. The highest BCUT2D eigenvalue weighted by atomic mass is 31.2. The lowest BCUT2D eigenvalue weighted by Crippen LogP contribution is -1.58. The smallest absolute Gasteiger partial charge is 0.323 e. The second-order valence-electron chi connectivity index (χ2n) is 0.634. The van der Waals surface area contributed by atoms with Crippen LogP contribution in [0.15, 0.2) is 13.2 Å². The molecule has 9 heavy (non-hydrogen) atoms. The fourth-order valence-electron chi connectivity index (χ4n) is 0.0747. The van der Waals surface area contributed by atoms with Crippen LogP contribution in [0, 0.1) is 0 Å². The van der Waals surface area contributed by atoms with Gasteiger partial charge in [0.25, 0.3) is 0 Å². The van der Waals surface area contributed by atoms with Crippen LogP contribution in [-0.4, -0.2) is 9.79 Å². The summed E-state index contributed by atoms with van der Waals surface area (Å²) in [4.78, 5) is 15.4. The van der Waals surface area contributed by atoms with Gasteiger partial charge >= 0.3 is 16.5 Å². The Labute approximate surface area is 53.9 Å². The van der Waals surface area contributed by atoms with Gasteiger partial charge in [-0.3, -0.25) is 9.13 Å². The predicted octanol–water partition coefficient (Wildman–Crippen LogP) is 0.569. The largest absolute Gasteiger partial charge is 0.326 e. The maximum Gasteiger partial charge on any atom is 0.323 e. The third-order valence-corrected chi connectivity index (χ3v) is 1.57. The summed E-state index contributed by atoms with van der Waals surface area (Å²) in [5.74, 6) is 0. The quantitative estimate of drug-likeness (QED) is 0.472. The summed E-state index contributed by atoms with van der Waals surface area (Å²) < 4.78 is 22.3. The number of rotatable bonds is 2. The standard InChI is InChI=1S/C2H4.H4O5P2/c1-2;1-6(2)5-7(3)4/h1-2H2;6-7H,(H,1,2)(H,3,4). The second kappa shape index (κ2) is 8.08. The molecule has 5 nitrogen and oxygen atoms in total. The van der Waals surface area contributed by atoms with Crippen LogP contribution in [0.1, 0.15) is 0 Å². The van der Waals surface area contributed by atoms with E-state index in [1.165, 1.54) is 0 Å². The molecule has 0 aromatic heterocycles. The van der Waals surface area contributed by atoms with Crippen molar-refractivity contribution >= 4 is 16.5 Å². The molecule has 56 valence electrons. The molecule has 2 unspecified atom stereocenters. The van der Waals surface area contributed by atoms with Crippen LogP contribution in [0.5, 0.6) is 0 Å². The molecule has 0 fully saturated rings. The van der Waals surface area contributed by atoms with E-state index in [-0.39, 0.29) is 0 Å². The average molecular weight is 174 g/mol. The first-order chi connectivity index (χ1) is 4.13. The maximum atomic E-state index is 9.44. The lowest BCUT2D eigenvalue weighted by atomic mass is 11.3. The van der Waals surface area contributed by atoms with Gasteiger partial charge in [-0.15, -0.1) is 13.2 Å². The van der Waals surface area contributed by atoms with Crippen molar-refractivity contribution in [3.63, 3.8) is 0 Å². The van der Waals surface area contributed by atoms with E-state index in [2.05, 4.69) is 17.5 Å². The van der Waals surface area contributed by atoms with Crippen molar-refractivity contribution < 1.29 is 23.2 Å². The van der Waals surface area contributed by atoms with Gasteiger partial charge in [0.15, 0.2) is 0 Å². The van der Waals surface area contributed by atoms with E-state index in [1.807, 2.05) is 0 Å². The average Bonchev–Trinajstić information content (AvgIpc) is 1.68. The summed E-state index contributed by atoms with van der Waals surface area (Å²) in [6.07, 6.45) is 0. The van der Waals surface area contributed by atoms with Crippen molar-refractivity contribution in [1.82, 2.24) is 0 Å². The maximum absolute atomic E-state index is 9.44. The van der Waals surface area contributed by atoms with Crippen molar-refractivity contribution in [2.45, 2.75) is 0 Å². The molecule has 2 atom stereocenters. The molecule has 0 aromatic carbocycles. The topological polar surface area (TPSA) is 83.8 Å². The minimum Gasteiger partial charge on any atom is -0.326 e. The third-order valence-electron chi connectivity index (χ3n) is 0.175. The van der Waals surface area contributed by atoms with Gasteiger partial charge in [0.2, 0.25) is 0 Å². The van der Waals surface area contributed by atoms with Gasteiger partial charge in [-0.05, 0) is 0 Å². The van der Waals surface area contributed by atoms with Crippen LogP contribution in [-0.2, 0) is 13.4 Å². The van der Waals surface area contributed by atoms with E-state index < -0.39 is 16.5 Å². The molecule has 0 radical (unpaired) electrons. The fraction of sp³-hybridized carbons (Fsp3) is 0. The second-order valence-corrected chi connectivity index (χ2v) is 2.51. The zero-order valence-electron chi connectivity index (χ0n) is 4.53. The molecule has 0 rings (SSSR count). The van der Waals surface area contributed by atoms with Gasteiger partial charge in [-0.2, -0.15) is 0 Å². The first-order valence-electron chi connectivity index (χ1n) is 1.76. The van der Waals surface area contributed by atoms with E-state index in [9.17, 15) is 9.13 Å². The van der Waals surface area contributed by atoms with Gasteiger partial charge in [0.05, 0.1) is 0 Å². The Morgan fingerprint density at radius 1 is 1.11 bits per heavy atom. The van der Waals surface area contributed by atoms with Crippen molar-refractivity contribution in [2.24, 2.45) is 0 Å². The highest BCUT2D eigenvalue weighted by Crippen LogP contribution is 2.30. The van der Waals surface area contributed by atoms with Crippen LogP contribution in [0.25, 0.3) is 0 Å². The van der Waals surface area contributed by atoms with Gasteiger partial charge in [0, 0.05) is 0 Å². The monoisotopic (exact) mass is 174 g/mol. The normalized spacial score (nSPS) is 14.9. The number of hydrogen-bond acceptors (Lipinski definition) is 3. The molecule has 0 spiro atoms. The molecular formula is C2H8O5P2. The van der Waals surface area contributed by atoms with Gasteiger partial charge in [-0.25, -0.2) is 4.31 Å². The fourth-order valence-corrected chi connectivity index (χ4v) is 0.672. The van der Waals surface area contributed by atoms with Gasteiger partial charge < -0.3 is 9.79 Å². The van der Waals surface area contributed by atoms with E-state index in [4.69, 9.17) is 9.79 Å². The Bertz CT molecular complexity index is 99.5. The molecule has 0 aromatic rings. The Morgan fingerprint density at radius 3 is 1.33 bits per heavy atom. The summed E-state index contributed by atoms with van der Waals surface area (Å²) >= 11 is 0. The van der Waals surface area contributed by atoms with Crippen LogP contribution in [0.3, 0.4) is 0 Å². The molecule has 7 heteroatoms. The molecule has 0 saturated carbocycles. The molecule has 0 saturated heterocycles. The first kappa shape index (κ1) is 11.8. The van der Waals surface area contributed by atoms with E-state index in [1.54, 1.807) is 0 Å². The van der Waals surface area contributed by atoms with Crippen molar-refractivity contribution in [3.8, 4) is 0 Å². The molecule has 0 aliphatic heterocycles. The summed E-state index contributed by atoms with van der Waals surface area (Å²) in [5.41, 5.74) is 0. The van der Waals surface area contributed by atoms with Crippen LogP contribution in [0.2, 0.25) is 0 Å². The van der Waals surface area contributed by atoms with Crippen molar-refractivity contribution in [1.29, 1.82) is 0 Å². The Morgan fingerprint density at radius 2 is 1.33 bits per heavy atom. The molecule has 0 heterocycles. The van der Waals surface area contributed by atoms with E-state index in [0.29, 0.717) is 0 Å². The Kier molecular flexibility index (Phi) is 10.6. The number of hydrogen-bond donors (Lipinski definition) is 2. The zero-order valence-corrected chi connectivity index (χ0v) is 6.53. The highest BCUT2D eigenvalue weighted by Gasteiger charge is 1.93. The van der Waals surface area contributed by atoms with Gasteiger partial charge in [-0.1, -0.05) is 0 Å². The Hall–Kier alpha value is 0.0800. The minimum atomic E-state index is -3.20. The van der Waals surface area contributed by atoms with Crippen molar-refractivity contribution in [2.75, 3.05) is 0 Å². The lowest BCUT2D eigenvalue weighted by molar-refractivity contribution is 0.371. The molecule has 0 amide bonds. The minimum absolute atomic E-state index is 3.00. The molecule has 2 N–H and O–H groups in total. The van der Waals surface area contributed by atoms with Crippen molar-refractivity contribution in [3.05, 3.63) is 13.2 Å². The summed E-state index contributed by atoms with van der Waals surface area (Å²) in [5, 5.41) is 0. The van der Waals surface area contributed by atoms with Crippen LogP contribution >= 0.6 is 16.5 Å². The van der Waals surface area contributed by atoms with E-state index >= 15 is 0 Å². The Balaban J connectivity index is 0. The van der Waals surface area contributed by atoms with Crippen LogP contribution < -0.4 is 0 Å². The molecule has 0 bridgehead atoms. The lowest BCUT2D eigenvalue weighted by Gasteiger charge is -1.86. The summed E-state index contributed by atoms with van der Waals surface area (Å²) in [6.45, 7) is 6.00. The van der Waals surface area contributed by atoms with Crippen LogP contribution in [0.4, 0.5) is 0 Å². The highest BCUT2D eigenvalue weighted by molar-refractivity contribution is 7.46.